The number of anilines is 1. The van der Waals surface area contributed by atoms with Crippen molar-refractivity contribution in [2.75, 3.05) is 32.5 Å². The molecule has 0 unspecified atom stereocenters. The Balaban J connectivity index is 1.97. The minimum absolute atomic E-state index is 0.154. The van der Waals surface area contributed by atoms with Gasteiger partial charge in [-0.3, -0.25) is 9.89 Å². The molecule has 8 nitrogen and oxygen atoms in total. The third-order valence-corrected chi connectivity index (χ3v) is 3.25. The molecule has 114 valence electrons. The Morgan fingerprint density at radius 2 is 2.29 bits per heavy atom. The Morgan fingerprint density at radius 1 is 1.48 bits per heavy atom. The van der Waals surface area contributed by atoms with Gasteiger partial charge in [0.1, 0.15) is 17.2 Å². The number of hydrogen-bond acceptors (Lipinski definition) is 6. The van der Waals surface area contributed by atoms with Crippen LogP contribution in [0.15, 0.2) is 17.3 Å². The monoisotopic (exact) mass is 311 g/mol. The fourth-order valence-corrected chi connectivity index (χ4v) is 1.92. The van der Waals surface area contributed by atoms with Gasteiger partial charge in [-0.2, -0.15) is 10.2 Å². The highest BCUT2D eigenvalue weighted by Gasteiger charge is 2.09. The van der Waals surface area contributed by atoms with Crippen molar-refractivity contribution in [3.05, 3.63) is 33.7 Å². The summed E-state index contributed by atoms with van der Waals surface area (Å²) in [7, 11) is 3.87. The van der Waals surface area contributed by atoms with Gasteiger partial charge in [0, 0.05) is 19.5 Å². The lowest BCUT2D eigenvalue weighted by molar-refractivity contribution is 0.367. The standard InChI is InChI=1S/C12H18ClN7O/c1-19(2)5-6-20-12(21)11(13)9(7-17-20)14-4-3-10-15-8-16-18-10/h7-8,14H,3-6H2,1-2H3,(H,15,16,18). The van der Waals surface area contributed by atoms with Gasteiger partial charge >= 0.3 is 0 Å². The van der Waals surface area contributed by atoms with Crippen LogP contribution < -0.4 is 10.9 Å². The zero-order chi connectivity index (χ0) is 15.2. The van der Waals surface area contributed by atoms with Crippen LogP contribution in [-0.4, -0.2) is 57.0 Å². The van der Waals surface area contributed by atoms with E-state index in [1.807, 2.05) is 19.0 Å². The lowest BCUT2D eigenvalue weighted by atomic mass is 10.3. The predicted molar refractivity (Wildman–Crippen MR) is 80.6 cm³/mol. The Bertz CT molecular complexity index is 623. The summed E-state index contributed by atoms with van der Waals surface area (Å²) in [6, 6.07) is 0. The fourth-order valence-electron chi connectivity index (χ4n) is 1.71. The van der Waals surface area contributed by atoms with Crippen molar-refractivity contribution in [1.82, 2.24) is 29.9 Å². The summed E-state index contributed by atoms with van der Waals surface area (Å²) in [6.45, 7) is 1.81. The topological polar surface area (TPSA) is 91.7 Å². The molecule has 0 aromatic carbocycles. The maximum absolute atomic E-state index is 12.1. The van der Waals surface area contributed by atoms with Crippen molar-refractivity contribution in [1.29, 1.82) is 0 Å². The van der Waals surface area contributed by atoms with Gasteiger partial charge in [0.15, 0.2) is 0 Å². The molecule has 0 fully saturated rings. The Morgan fingerprint density at radius 3 is 2.95 bits per heavy atom. The molecule has 9 heteroatoms. The van der Waals surface area contributed by atoms with Crippen LogP contribution in [0.3, 0.4) is 0 Å². The van der Waals surface area contributed by atoms with Gasteiger partial charge in [0.05, 0.1) is 18.4 Å². The molecule has 0 radical (unpaired) electrons. The number of aromatic nitrogens is 5. The van der Waals surface area contributed by atoms with E-state index in [-0.39, 0.29) is 10.6 Å². The first-order valence-electron chi connectivity index (χ1n) is 6.56. The van der Waals surface area contributed by atoms with Crippen LogP contribution in [0, 0.1) is 0 Å². The molecule has 2 aromatic rings. The van der Waals surface area contributed by atoms with Crippen LogP contribution in [0.2, 0.25) is 5.02 Å². The maximum Gasteiger partial charge on any atom is 0.287 e. The summed E-state index contributed by atoms with van der Waals surface area (Å²) in [5, 5.41) is 13.9. The molecule has 0 saturated heterocycles. The lowest BCUT2D eigenvalue weighted by Crippen LogP contribution is -2.29. The third-order valence-electron chi connectivity index (χ3n) is 2.89. The van der Waals surface area contributed by atoms with Crippen LogP contribution in [0.5, 0.6) is 0 Å². The summed E-state index contributed by atoms with van der Waals surface area (Å²) >= 11 is 6.09. The molecule has 2 aromatic heterocycles. The number of likely N-dealkylation sites (N-methyl/N-ethyl adjacent to an activating group) is 1. The molecule has 0 saturated carbocycles. The molecule has 2 rings (SSSR count). The van der Waals surface area contributed by atoms with Crippen molar-refractivity contribution >= 4 is 17.3 Å². The number of halogens is 1. The lowest BCUT2D eigenvalue weighted by Gasteiger charge is -2.12. The number of aromatic amines is 1. The first-order valence-corrected chi connectivity index (χ1v) is 6.94. The number of rotatable bonds is 7. The fraction of sp³-hybridized carbons (Fsp3) is 0.500. The molecule has 0 aliphatic rings. The summed E-state index contributed by atoms with van der Waals surface area (Å²) < 4.78 is 1.37. The quantitative estimate of drug-likeness (QED) is 0.760. The molecule has 0 atom stereocenters. The van der Waals surface area contributed by atoms with Crippen molar-refractivity contribution in [2.45, 2.75) is 13.0 Å². The highest BCUT2D eigenvalue weighted by molar-refractivity contribution is 6.32. The number of nitrogens with one attached hydrogen (secondary N) is 2. The summed E-state index contributed by atoms with van der Waals surface area (Å²) in [6.07, 6.45) is 3.68. The van der Waals surface area contributed by atoms with Crippen LogP contribution in [-0.2, 0) is 13.0 Å². The Labute approximate surface area is 127 Å². The summed E-state index contributed by atoms with van der Waals surface area (Å²) in [4.78, 5) is 18.1. The van der Waals surface area contributed by atoms with Crippen molar-refractivity contribution in [3.63, 3.8) is 0 Å². The van der Waals surface area contributed by atoms with Crippen LogP contribution in [0.25, 0.3) is 0 Å². The molecular weight excluding hydrogens is 294 g/mol. The van der Waals surface area contributed by atoms with Crippen molar-refractivity contribution < 1.29 is 0 Å². The van der Waals surface area contributed by atoms with Crippen LogP contribution >= 0.6 is 11.6 Å². The number of hydrogen-bond donors (Lipinski definition) is 2. The zero-order valence-electron chi connectivity index (χ0n) is 12.0. The van der Waals surface area contributed by atoms with E-state index in [4.69, 9.17) is 11.6 Å². The van der Waals surface area contributed by atoms with E-state index in [0.29, 0.717) is 25.2 Å². The number of H-pyrrole nitrogens is 1. The molecule has 2 heterocycles. The van der Waals surface area contributed by atoms with E-state index in [1.54, 1.807) is 6.20 Å². The van der Waals surface area contributed by atoms with E-state index in [0.717, 1.165) is 12.4 Å². The SMILES string of the molecule is CN(C)CCn1ncc(NCCc2ncn[nH]2)c(Cl)c1=O. The number of nitrogens with zero attached hydrogens (tertiary/aromatic N) is 5. The van der Waals surface area contributed by atoms with Gasteiger partial charge in [0.2, 0.25) is 0 Å². The molecule has 2 N–H and O–H groups in total. The van der Waals surface area contributed by atoms with E-state index in [9.17, 15) is 4.79 Å². The highest BCUT2D eigenvalue weighted by atomic mass is 35.5. The van der Waals surface area contributed by atoms with E-state index in [2.05, 4.69) is 25.6 Å². The highest BCUT2D eigenvalue weighted by Crippen LogP contribution is 2.14. The molecule has 0 aliphatic heterocycles. The predicted octanol–water partition coefficient (Wildman–Crippen LogP) is 0.231. The van der Waals surface area contributed by atoms with Crippen molar-refractivity contribution in [3.8, 4) is 0 Å². The summed E-state index contributed by atoms with van der Waals surface area (Å²) in [5.74, 6) is 0.769. The first kappa shape index (κ1) is 15.5. The second-order valence-electron chi connectivity index (χ2n) is 4.81. The van der Waals surface area contributed by atoms with Crippen LogP contribution in [0.1, 0.15) is 5.82 Å². The van der Waals surface area contributed by atoms with Gasteiger partial charge in [-0.15, -0.1) is 0 Å². The molecule has 21 heavy (non-hydrogen) atoms. The largest absolute Gasteiger partial charge is 0.382 e. The first-order chi connectivity index (χ1) is 10.1. The summed E-state index contributed by atoms with van der Waals surface area (Å²) in [5.41, 5.74) is 0.241. The van der Waals surface area contributed by atoms with E-state index in [1.165, 1.54) is 11.0 Å². The Hall–Kier alpha value is -1.93. The molecular formula is C12H18ClN7O. The Kier molecular flexibility index (Phi) is 5.29. The third kappa shape index (κ3) is 4.27. The normalized spacial score (nSPS) is 11.0. The maximum atomic E-state index is 12.1. The second kappa shape index (κ2) is 7.19. The van der Waals surface area contributed by atoms with Gasteiger partial charge in [-0.05, 0) is 14.1 Å². The molecule has 0 bridgehead atoms. The van der Waals surface area contributed by atoms with E-state index >= 15 is 0 Å². The minimum Gasteiger partial charge on any atom is -0.382 e. The van der Waals surface area contributed by atoms with Crippen molar-refractivity contribution in [2.24, 2.45) is 0 Å². The van der Waals surface area contributed by atoms with Gasteiger partial charge in [-0.25, -0.2) is 9.67 Å². The van der Waals surface area contributed by atoms with Crippen LogP contribution in [0.4, 0.5) is 5.69 Å². The average Bonchev–Trinajstić information content (AvgIpc) is 2.95. The van der Waals surface area contributed by atoms with Gasteiger partial charge in [-0.1, -0.05) is 11.6 Å². The minimum atomic E-state index is -0.289. The molecule has 0 spiro atoms. The molecule has 0 aliphatic carbocycles. The van der Waals surface area contributed by atoms with E-state index < -0.39 is 0 Å². The van der Waals surface area contributed by atoms with Gasteiger partial charge < -0.3 is 10.2 Å². The average molecular weight is 312 g/mol. The van der Waals surface area contributed by atoms with Gasteiger partial charge in [0.25, 0.3) is 5.56 Å². The second-order valence-corrected chi connectivity index (χ2v) is 5.19. The smallest absolute Gasteiger partial charge is 0.287 e. The molecule has 0 amide bonds. The zero-order valence-corrected chi connectivity index (χ0v) is 12.8.